The summed E-state index contributed by atoms with van der Waals surface area (Å²) in [5.74, 6) is -1.26. The van der Waals surface area contributed by atoms with Crippen LogP contribution in [0.1, 0.15) is 17.3 Å². The average molecular weight is 248 g/mol. The third-order valence-electron chi connectivity index (χ3n) is 1.27. The highest BCUT2D eigenvalue weighted by Gasteiger charge is 2.09. The number of carbonyl (C=O) groups is 1. The molecule has 0 unspecified atom stereocenters. The zero-order valence-corrected chi connectivity index (χ0v) is 8.47. The Morgan fingerprint density at radius 3 is 2.92 bits per heavy atom. The summed E-state index contributed by atoms with van der Waals surface area (Å²) in [5, 5.41) is 0. The van der Waals surface area contributed by atoms with Gasteiger partial charge in [0.25, 0.3) is 0 Å². The van der Waals surface area contributed by atoms with Crippen molar-refractivity contribution in [3.63, 3.8) is 0 Å². The Hall–Kier alpha value is -0.970. The van der Waals surface area contributed by atoms with E-state index in [1.165, 1.54) is 6.07 Å². The van der Waals surface area contributed by atoms with Crippen LogP contribution in [0.3, 0.4) is 0 Å². The summed E-state index contributed by atoms with van der Waals surface area (Å²) in [6.07, 6.45) is 0. The Labute approximate surface area is 83.1 Å². The lowest BCUT2D eigenvalue weighted by molar-refractivity contribution is 0.0525. The molecule has 1 heterocycles. The SMILES string of the molecule is CCOC(=O)c1cc(F)nc(Br)c1. The van der Waals surface area contributed by atoms with Crippen LogP contribution in [-0.2, 0) is 4.74 Å². The molecule has 0 N–H and O–H groups in total. The second-order valence-corrected chi connectivity index (χ2v) is 3.03. The predicted octanol–water partition coefficient (Wildman–Crippen LogP) is 2.16. The number of ether oxygens (including phenoxy) is 1. The van der Waals surface area contributed by atoms with Crippen molar-refractivity contribution < 1.29 is 13.9 Å². The van der Waals surface area contributed by atoms with E-state index in [0.717, 1.165) is 6.07 Å². The van der Waals surface area contributed by atoms with Crippen LogP contribution < -0.4 is 0 Å². The molecule has 1 aromatic heterocycles. The van der Waals surface area contributed by atoms with Gasteiger partial charge in [-0.25, -0.2) is 9.78 Å². The molecule has 0 saturated carbocycles. The molecule has 1 rings (SSSR count). The van der Waals surface area contributed by atoms with E-state index >= 15 is 0 Å². The van der Waals surface area contributed by atoms with Crippen molar-refractivity contribution in [2.75, 3.05) is 6.61 Å². The summed E-state index contributed by atoms with van der Waals surface area (Å²) in [6.45, 7) is 1.95. The number of esters is 1. The molecule has 0 aliphatic carbocycles. The lowest BCUT2D eigenvalue weighted by Crippen LogP contribution is -2.05. The van der Waals surface area contributed by atoms with Gasteiger partial charge in [-0.1, -0.05) is 0 Å². The summed E-state index contributed by atoms with van der Waals surface area (Å²) in [7, 11) is 0. The maximum absolute atomic E-state index is 12.7. The van der Waals surface area contributed by atoms with Crippen molar-refractivity contribution in [1.82, 2.24) is 4.98 Å². The van der Waals surface area contributed by atoms with Gasteiger partial charge in [-0.3, -0.25) is 0 Å². The Kier molecular flexibility index (Phi) is 3.36. The number of nitrogens with zero attached hydrogens (tertiary/aromatic N) is 1. The molecule has 0 fully saturated rings. The van der Waals surface area contributed by atoms with E-state index in [9.17, 15) is 9.18 Å². The highest BCUT2D eigenvalue weighted by atomic mass is 79.9. The number of rotatable bonds is 2. The van der Waals surface area contributed by atoms with E-state index < -0.39 is 11.9 Å². The van der Waals surface area contributed by atoms with Gasteiger partial charge in [-0.2, -0.15) is 4.39 Å². The zero-order chi connectivity index (χ0) is 9.84. The largest absolute Gasteiger partial charge is 0.462 e. The van der Waals surface area contributed by atoms with Gasteiger partial charge in [0, 0.05) is 6.07 Å². The molecule has 3 nitrogen and oxygen atoms in total. The molecule has 0 spiro atoms. The predicted molar refractivity (Wildman–Crippen MR) is 47.9 cm³/mol. The fraction of sp³-hybridized carbons (Fsp3) is 0.250. The highest BCUT2D eigenvalue weighted by molar-refractivity contribution is 9.10. The Morgan fingerprint density at radius 2 is 2.38 bits per heavy atom. The maximum Gasteiger partial charge on any atom is 0.338 e. The second-order valence-electron chi connectivity index (χ2n) is 2.22. The molecule has 0 saturated heterocycles. The van der Waals surface area contributed by atoms with Gasteiger partial charge < -0.3 is 4.74 Å². The first-order valence-corrected chi connectivity index (χ1v) is 4.43. The van der Waals surface area contributed by atoms with Crippen LogP contribution in [0.4, 0.5) is 4.39 Å². The highest BCUT2D eigenvalue weighted by Crippen LogP contribution is 2.11. The Bertz CT molecular complexity index is 310. The topological polar surface area (TPSA) is 39.2 Å². The molecule has 0 aliphatic heterocycles. The third kappa shape index (κ3) is 2.77. The first-order chi connectivity index (χ1) is 6.13. The van der Waals surface area contributed by atoms with Gasteiger partial charge in [0.15, 0.2) is 0 Å². The summed E-state index contributed by atoms with van der Waals surface area (Å²) >= 11 is 2.97. The molecule has 0 radical (unpaired) electrons. The standard InChI is InChI=1S/C8H7BrFNO2/c1-2-13-8(12)5-3-6(9)11-7(10)4-5/h3-4H,2H2,1H3. The molecule has 0 atom stereocenters. The normalized spacial score (nSPS) is 9.77. The zero-order valence-electron chi connectivity index (χ0n) is 6.88. The van der Waals surface area contributed by atoms with Crippen molar-refractivity contribution in [2.45, 2.75) is 6.92 Å². The van der Waals surface area contributed by atoms with E-state index in [-0.39, 0.29) is 16.8 Å². The van der Waals surface area contributed by atoms with E-state index in [4.69, 9.17) is 0 Å². The average Bonchev–Trinajstić information content (AvgIpc) is 2.03. The first kappa shape index (κ1) is 10.1. The van der Waals surface area contributed by atoms with Crippen LogP contribution in [0.15, 0.2) is 16.7 Å². The number of hydrogen-bond acceptors (Lipinski definition) is 3. The summed E-state index contributed by atoms with van der Waals surface area (Å²) in [4.78, 5) is 14.5. The molecule has 70 valence electrons. The van der Waals surface area contributed by atoms with Crippen LogP contribution in [0.25, 0.3) is 0 Å². The lowest BCUT2D eigenvalue weighted by Gasteiger charge is -2.01. The summed E-state index contributed by atoms with van der Waals surface area (Å²) in [5.41, 5.74) is 0.154. The Morgan fingerprint density at radius 1 is 1.69 bits per heavy atom. The molecule has 0 aliphatic rings. The van der Waals surface area contributed by atoms with Crippen molar-refractivity contribution in [3.8, 4) is 0 Å². The number of hydrogen-bond donors (Lipinski definition) is 0. The number of aromatic nitrogens is 1. The minimum Gasteiger partial charge on any atom is -0.462 e. The Balaban J connectivity index is 2.94. The fourth-order valence-corrected chi connectivity index (χ4v) is 1.21. The number of halogens is 2. The van der Waals surface area contributed by atoms with Gasteiger partial charge >= 0.3 is 5.97 Å². The van der Waals surface area contributed by atoms with Gasteiger partial charge in [-0.15, -0.1) is 0 Å². The van der Waals surface area contributed by atoms with E-state index in [0.29, 0.717) is 0 Å². The fourth-order valence-electron chi connectivity index (χ4n) is 0.797. The van der Waals surface area contributed by atoms with Gasteiger partial charge in [0.2, 0.25) is 5.95 Å². The van der Waals surface area contributed by atoms with Crippen LogP contribution in [0.5, 0.6) is 0 Å². The van der Waals surface area contributed by atoms with E-state index in [1.807, 2.05) is 0 Å². The minimum atomic E-state index is -0.711. The molecule has 13 heavy (non-hydrogen) atoms. The van der Waals surface area contributed by atoms with Gasteiger partial charge in [0.05, 0.1) is 12.2 Å². The van der Waals surface area contributed by atoms with Crippen LogP contribution in [0.2, 0.25) is 0 Å². The minimum absolute atomic E-state index is 0.154. The molecule has 0 bridgehead atoms. The van der Waals surface area contributed by atoms with Crippen molar-refractivity contribution >= 4 is 21.9 Å². The molecule has 5 heteroatoms. The van der Waals surface area contributed by atoms with Crippen molar-refractivity contribution in [1.29, 1.82) is 0 Å². The number of pyridine rings is 1. The summed E-state index contributed by atoms with van der Waals surface area (Å²) in [6, 6.07) is 2.43. The van der Waals surface area contributed by atoms with Crippen molar-refractivity contribution in [3.05, 3.63) is 28.2 Å². The maximum atomic E-state index is 12.7. The molecular formula is C8H7BrFNO2. The monoisotopic (exact) mass is 247 g/mol. The van der Waals surface area contributed by atoms with Crippen LogP contribution in [0, 0.1) is 5.95 Å². The summed E-state index contributed by atoms with van der Waals surface area (Å²) < 4.78 is 17.6. The van der Waals surface area contributed by atoms with Gasteiger partial charge in [-0.05, 0) is 28.9 Å². The molecule has 0 amide bonds. The quantitative estimate of drug-likeness (QED) is 0.594. The van der Waals surface area contributed by atoms with E-state index in [2.05, 4.69) is 25.7 Å². The van der Waals surface area contributed by atoms with Crippen LogP contribution >= 0.6 is 15.9 Å². The second kappa shape index (κ2) is 4.32. The molecule has 0 aromatic carbocycles. The van der Waals surface area contributed by atoms with Crippen molar-refractivity contribution in [2.24, 2.45) is 0 Å². The third-order valence-corrected chi connectivity index (χ3v) is 1.68. The molecule has 1 aromatic rings. The van der Waals surface area contributed by atoms with Gasteiger partial charge in [0.1, 0.15) is 4.60 Å². The number of carbonyl (C=O) groups excluding carboxylic acids is 1. The smallest absolute Gasteiger partial charge is 0.338 e. The van der Waals surface area contributed by atoms with Crippen LogP contribution in [-0.4, -0.2) is 17.6 Å². The molecular weight excluding hydrogens is 241 g/mol. The van der Waals surface area contributed by atoms with E-state index in [1.54, 1.807) is 6.92 Å². The lowest BCUT2D eigenvalue weighted by atomic mass is 10.3. The first-order valence-electron chi connectivity index (χ1n) is 3.63.